The molecular weight excluding hydrogens is 371 g/mol. The average molecular weight is 387 g/mol. The van der Waals surface area contributed by atoms with Gasteiger partial charge in [-0.3, -0.25) is 9.59 Å². The van der Waals surface area contributed by atoms with Gasteiger partial charge in [0.1, 0.15) is 5.92 Å². The van der Waals surface area contributed by atoms with E-state index in [1.54, 1.807) is 0 Å². The van der Waals surface area contributed by atoms with Crippen molar-refractivity contribution < 1.29 is 31.2 Å². The van der Waals surface area contributed by atoms with E-state index >= 15 is 0 Å². The van der Waals surface area contributed by atoms with Crippen LogP contribution in [0.2, 0.25) is 0 Å². The summed E-state index contributed by atoms with van der Waals surface area (Å²) in [5, 5.41) is 2.39. The largest absolute Gasteiger partial charge is 0.416 e. The first-order chi connectivity index (χ1) is 11.9. The fourth-order valence-corrected chi connectivity index (χ4v) is 3.07. The highest BCUT2D eigenvalue weighted by Gasteiger charge is 2.39. The van der Waals surface area contributed by atoms with Gasteiger partial charge in [-0.15, -0.1) is 0 Å². The molecule has 0 saturated carbocycles. The Bertz CT molecular complexity index is 897. The molecule has 1 aliphatic carbocycles. The Morgan fingerprint density at radius 3 is 2.27 bits per heavy atom. The van der Waals surface area contributed by atoms with Gasteiger partial charge in [-0.05, 0) is 36.3 Å². The molecule has 26 heavy (non-hydrogen) atoms. The molecule has 1 unspecified atom stereocenters. The summed E-state index contributed by atoms with van der Waals surface area (Å²) in [6.45, 7) is 1.11. The van der Waals surface area contributed by atoms with Crippen LogP contribution in [0.4, 0.5) is 13.2 Å². The topological polar surface area (TPSA) is 80.3 Å². The predicted octanol–water partition coefficient (Wildman–Crippen LogP) is 2.34. The Hall–Kier alpha value is -2.42. The summed E-state index contributed by atoms with van der Waals surface area (Å²) in [5.41, 5.74) is -0.696. The summed E-state index contributed by atoms with van der Waals surface area (Å²) in [5.74, 6) is -3.13. The Kier molecular flexibility index (Phi) is 5.41. The van der Waals surface area contributed by atoms with Gasteiger partial charge in [0.15, 0.2) is 15.6 Å². The summed E-state index contributed by atoms with van der Waals surface area (Å²) in [6.07, 6.45) is -2.16. The molecule has 0 aliphatic heterocycles. The molecule has 1 aliphatic rings. The summed E-state index contributed by atoms with van der Waals surface area (Å²) < 4.78 is 61.6. The van der Waals surface area contributed by atoms with Gasteiger partial charge in [-0.25, -0.2) is 8.42 Å². The van der Waals surface area contributed by atoms with Crippen molar-refractivity contribution in [3.63, 3.8) is 0 Å². The van der Waals surface area contributed by atoms with E-state index < -0.39 is 39.2 Å². The molecule has 1 aromatic carbocycles. The highest BCUT2D eigenvalue weighted by Crippen LogP contribution is 2.34. The van der Waals surface area contributed by atoms with Crippen LogP contribution in [0.5, 0.6) is 0 Å². The standard InChI is InChI=1S/C17H16F3NO4S/c1-10-7-15(22)13(8-14(10)17(18,19)20)16(23)21-9-11-3-5-12(6-4-11)26(2,24)25/h3-8,13H,9H2,1-2H3,(H,21,23). The van der Waals surface area contributed by atoms with Crippen LogP contribution in [0.3, 0.4) is 0 Å². The minimum atomic E-state index is -4.65. The maximum Gasteiger partial charge on any atom is 0.416 e. The second-order valence-corrected chi connectivity index (χ2v) is 7.94. The molecule has 5 nitrogen and oxygen atoms in total. The quantitative estimate of drug-likeness (QED) is 0.805. The number of carbonyl (C=O) groups excluding carboxylic acids is 2. The zero-order valence-electron chi connectivity index (χ0n) is 13.9. The van der Waals surface area contributed by atoms with Crippen molar-refractivity contribution in [1.82, 2.24) is 5.32 Å². The van der Waals surface area contributed by atoms with Crippen molar-refractivity contribution in [3.05, 3.63) is 53.1 Å². The maximum atomic E-state index is 12.9. The lowest BCUT2D eigenvalue weighted by atomic mass is 9.89. The smallest absolute Gasteiger partial charge is 0.351 e. The first-order valence-corrected chi connectivity index (χ1v) is 9.37. The minimum absolute atomic E-state index is 0.0510. The van der Waals surface area contributed by atoms with Crippen LogP contribution in [0.15, 0.2) is 52.5 Å². The van der Waals surface area contributed by atoms with Crippen LogP contribution in [-0.2, 0) is 26.0 Å². The third-order valence-corrected chi connectivity index (χ3v) is 4.96. The van der Waals surface area contributed by atoms with Crippen molar-refractivity contribution in [2.75, 3.05) is 6.26 Å². The van der Waals surface area contributed by atoms with Crippen molar-refractivity contribution in [1.29, 1.82) is 0 Å². The number of halogens is 3. The highest BCUT2D eigenvalue weighted by atomic mass is 32.2. The second kappa shape index (κ2) is 7.06. The normalized spacial score (nSPS) is 18.2. The van der Waals surface area contributed by atoms with Gasteiger partial charge in [0, 0.05) is 12.8 Å². The van der Waals surface area contributed by atoms with Crippen LogP contribution in [0.25, 0.3) is 0 Å². The van der Waals surface area contributed by atoms with Gasteiger partial charge in [0.25, 0.3) is 0 Å². The number of hydrogen-bond donors (Lipinski definition) is 1. The SMILES string of the molecule is CC1=CC(=O)C(C(=O)NCc2ccc(S(C)(=O)=O)cc2)C=C1C(F)(F)F. The third-order valence-electron chi connectivity index (χ3n) is 3.83. The van der Waals surface area contributed by atoms with Crippen LogP contribution in [0.1, 0.15) is 12.5 Å². The van der Waals surface area contributed by atoms with Crippen molar-refractivity contribution >= 4 is 21.5 Å². The van der Waals surface area contributed by atoms with Gasteiger partial charge in [0.2, 0.25) is 5.91 Å². The number of amides is 1. The Morgan fingerprint density at radius 1 is 1.19 bits per heavy atom. The van der Waals surface area contributed by atoms with Crippen molar-refractivity contribution in [2.24, 2.45) is 5.92 Å². The summed E-state index contributed by atoms with van der Waals surface area (Å²) in [4.78, 5) is 24.1. The zero-order valence-corrected chi connectivity index (χ0v) is 14.7. The molecule has 0 fully saturated rings. The van der Waals surface area contributed by atoms with Gasteiger partial charge < -0.3 is 5.32 Å². The monoisotopic (exact) mass is 387 g/mol. The Balaban J connectivity index is 2.10. The zero-order chi connectivity index (χ0) is 19.7. The average Bonchev–Trinajstić information content (AvgIpc) is 2.51. The summed E-state index contributed by atoms with van der Waals surface area (Å²) in [7, 11) is -3.35. The molecule has 0 bridgehead atoms. The molecular formula is C17H16F3NO4S. The number of rotatable bonds is 4. The van der Waals surface area contributed by atoms with Gasteiger partial charge >= 0.3 is 6.18 Å². The number of sulfone groups is 1. The molecule has 0 heterocycles. The number of nitrogens with one attached hydrogen (secondary N) is 1. The molecule has 1 N–H and O–H groups in total. The van der Waals surface area contributed by atoms with Gasteiger partial charge in [-0.1, -0.05) is 18.2 Å². The molecule has 1 atom stereocenters. The van der Waals surface area contributed by atoms with Crippen LogP contribution >= 0.6 is 0 Å². The molecule has 2 rings (SSSR count). The number of benzene rings is 1. The van der Waals surface area contributed by atoms with Crippen molar-refractivity contribution in [3.8, 4) is 0 Å². The summed E-state index contributed by atoms with van der Waals surface area (Å²) in [6, 6.07) is 5.66. The summed E-state index contributed by atoms with van der Waals surface area (Å²) >= 11 is 0. The Morgan fingerprint density at radius 2 is 1.77 bits per heavy atom. The van der Waals surface area contributed by atoms with Crippen molar-refractivity contribution in [2.45, 2.75) is 24.5 Å². The first-order valence-electron chi connectivity index (χ1n) is 7.48. The minimum Gasteiger partial charge on any atom is -0.351 e. The lowest BCUT2D eigenvalue weighted by molar-refractivity contribution is -0.130. The predicted molar refractivity (Wildman–Crippen MR) is 87.8 cm³/mol. The number of hydrogen-bond acceptors (Lipinski definition) is 4. The van der Waals surface area contributed by atoms with E-state index in [-0.39, 0.29) is 17.0 Å². The van der Waals surface area contributed by atoms with E-state index in [1.165, 1.54) is 24.3 Å². The van der Waals surface area contributed by atoms with E-state index in [4.69, 9.17) is 0 Å². The van der Waals surface area contributed by atoms with E-state index in [2.05, 4.69) is 5.32 Å². The molecule has 1 aromatic rings. The Labute approximate surface area is 148 Å². The molecule has 0 saturated heterocycles. The number of ketones is 1. The highest BCUT2D eigenvalue weighted by molar-refractivity contribution is 7.90. The molecule has 0 spiro atoms. The molecule has 0 radical (unpaired) electrons. The fraction of sp³-hybridized carbons (Fsp3) is 0.294. The molecule has 140 valence electrons. The number of carbonyl (C=O) groups is 2. The van der Waals surface area contributed by atoms with Gasteiger partial charge in [-0.2, -0.15) is 13.2 Å². The number of alkyl halides is 3. The second-order valence-electron chi connectivity index (χ2n) is 5.92. The third kappa shape index (κ3) is 4.60. The van der Waals surface area contributed by atoms with Crippen LogP contribution in [-0.4, -0.2) is 32.5 Å². The maximum absolute atomic E-state index is 12.9. The van der Waals surface area contributed by atoms with E-state index in [9.17, 15) is 31.2 Å². The fourth-order valence-electron chi connectivity index (χ4n) is 2.44. The lowest BCUT2D eigenvalue weighted by Gasteiger charge is -2.20. The van der Waals surface area contributed by atoms with Crippen LogP contribution in [0, 0.1) is 5.92 Å². The molecule has 0 aromatic heterocycles. The van der Waals surface area contributed by atoms with Gasteiger partial charge in [0.05, 0.1) is 10.5 Å². The van der Waals surface area contributed by atoms with E-state index in [0.717, 1.165) is 19.3 Å². The number of allylic oxidation sites excluding steroid dienone is 3. The van der Waals surface area contributed by atoms with E-state index in [0.29, 0.717) is 11.6 Å². The van der Waals surface area contributed by atoms with E-state index in [1.807, 2.05) is 0 Å². The first kappa shape index (κ1) is 19.9. The van der Waals surface area contributed by atoms with Crippen LogP contribution < -0.4 is 5.32 Å². The lowest BCUT2D eigenvalue weighted by Crippen LogP contribution is -2.36. The molecule has 9 heteroatoms. The molecule has 1 amide bonds.